The second-order valence-corrected chi connectivity index (χ2v) is 9.05. The molecule has 0 amide bonds. The number of aryl methyl sites for hydroxylation is 1. The lowest BCUT2D eigenvalue weighted by Gasteiger charge is -2.19. The first kappa shape index (κ1) is 22.9. The van der Waals surface area contributed by atoms with Gasteiger partial charge < -0.3 is 19.5 Å². The van der Waals surface area contributed by atoms with Gasteiger partial charge in [0.25, 0.3) is 0 Å². The molecular weight excluding hydrogens is 422 g/mol. The quantitative estimate of drug-likeness (QED) is 0.466. The normalized spacial score (nSPS) is 19.9. The molecule has 4 rings (SSSR count). The van der Waals surface area contributed by atoms with Crippen LogP contribution in [0.1, 0.15) is 44.7 Å². The standard InChI is InChI=1S/C24H29N5O4/c1-15-26-22-18(13-25-29(22)23(27-15)28(5)17-9-7-6-8-10-17)19-11-16(20(14-30)32-19)12-21(31)33-24(2,3)4/h6-10,12-13,19-20,30H,11,14H2,1-5H3/b16-12-/t19-,20-/m1/s1. The minimum atomic E-state index is -0.597. The number of aliphatic hydroxyl groups is 1. The number of esters is 1. The lowest BCUT2D eigenvalue weighted by molar-refractivity contribution is -0.148. The van der Waals surface area contributed by atoms with Crippen LogP contribution in [0.3, 0.4) is 0 Å². The average Bonchev–Trinajstić information content (AvgIpc) is 3.35. The fraction of sp³-hybridized carbons (Fsp3) is 0.417. The van der Waals surface area contributed by atoms with E-state index in [2.05, 4.69) is 15.1 Å². The van der Waals surface area contributed by atoms with Gasteiger partial charge in [-0.15, -0.1) is 0 Å². The highest BCUT2D eigenvalue weighted by Gasteiger charge is 2.34. The van der Waals surface area contributed by atoms with E-state index in [0.717, 1.165) is 11.3 Å². The fourth-order valence-corrected chi connectivity index (χ4v) is 3.85. The lowest BCUT2D eigenvalue weighted by atomic mass is 10.0. The molecule has 174 valence electrons. The van der Waals surface area contributed by atoms with Gasteiger partial charge in [-0.2, -0.15) is 14.6 Å². The number of nitrogens with zero attached hydrogens (tertiary/aromatic N) is 5. The Balaban J connectivity index is 1.67. The van der Waals surface area contributed by atoms with Crippen molar-refractivity contribution >= 4 is 23.3 Å². The summed E-state index contributed by atoms with van der Waals surface area (Å²) in [5, 5.41) is 14.4. The molecule has 0 spiro atoms. The third-order valence-corrected chi connectivity index (χ3v) is 5.32. The maximum Gasteiger partial charge on any atom is 0.331 e. The first-order valence-electron chi connectivity index (χ1n) is 10.9. The third-order valence-electron chi connectivity index (χ3n) is 5.32. The Morgan fingerprint density at radius 2 is 2.03 bits per heavy atom. The number of carbonyl (C=O) groups is 1. The van der Waals surface area contributed by atoms with Gasteiger partial charge in [0.05, 0.1) is 18.9 Å². The summed E-state index contributed by atoms with van der Waals surface area (Å²) < 4.78 is 13.2. The topological polar surface area (TPSA) is 102 Å². The van der Waals surface area contributed by atoms with E-state index in [9.17, 15) is 9.90 Å². The zero-order valence-electron chi connectivity index (χ0n) is 19.5. The second kappa shape index (κ2) is 8.92. The van der Waals surface area contributed by atoms with Crippen molar-refractivity contribution in [2.45, 2.75) is 51.9 Å². The number of para-hydroxylation sites is 1. The second-order valence-electron chi connectivity index (χ2n) is 9.05. The van der Waals surface area contributed by atoms with Gasteiger partial charge in [-0.25, -0.2) is 9.78 Å². The third kappa shape index (κ3) is 4.89. The van der Waals surface area contributed by atoms with Crippen LogP contribution in [-0.2, 0) is 14.3 Å². The Bertz CT molecular complexity index is 1180. The molecule has 1 aliphatic rings. The summed E-state index contributed by atoms with van der Waals surface area (Å²) in [6.07, 6.45) is 2.57. The van der Waals surface area contributed by atoms with Crippen molar-refractivity contribution in [1.82, 2.24) is 19.6 Å². The molecule has 9 heteroatoms. The molecule has 0 aliphatic carbocycles. The van der Waals surface area contributed by atoms with E-state index in [1.54, 1.807) is 10.7 Å². The monoisotopic (exact) mass is 451 g/mol. The van der Waals surface area contributed by atoms with Crippen LogP contribution in [0, 0.1) is 6.92 Å². The molecule has 3 heterocycles. The minimum Gasteiger partial charge on any atom is -0.457 e. The van der Waals surface area contributed by atoms with Gasteiger partial charge in [0, 0.05) is 30.8 Å². The highest BCUT2D eigenvalue weighted by atomic mass is 16.6. The van der Waals surface area contributed by atoms with Gasteiger partial charge in [-0.1, -0.05) is 18.2 Å². The minimum absolute atomic E-state index is 0.236. The molecule has 2 aromatic heterocycles. The van der Waals surface area contributed by atoms with Gasteiger partial charge >= 0.3 is 5.97 Å². The summed E-state index contributed by atoms with van der Waals surface area (Å²) in [7, 11) is 1.92. The van der Waals surface area contributed by atoms with E-state index in [-0.39, 0.29) is 6.61 Å². The Hall–Kier alpha value is -3.30. The molecule has 1 saturated heterocycles. The first-order valence-corrected chi connectivity index (χ1v) is 10.9. The van der Waals surface area contributed by atoms with E-state index < -0.39 is 23.8 Å². The van der Waals surface area contributed by atoms with Crippen molar-refractivity contribution < 1.29 is 19.4 Å². The first-order chi connectivity index (χ1) is 15.7. The Kier molecular flexibility index (Phi) is 6.18. The summed E-state index contributed by atoms with van der Waals surface area (Å²) in [5.41, 5.74) is 2.45. The number of carbonyl (C=O) groups excluding carboxylic acids is 1. The molecule has 0 unspecified atom stereocenters. The van der Waals surface area contributed by atoms with E-state index in [1.807, 2.05) is 70.0 Å². The fourth-order valence-electron chi connectivity index (χ4n) is 3.85. The number of ether oxygens (including phenoxy) is 2. The SMILES string of the molecule is Cc1nc(N(C)c2ccccc2)n2ncc([C@H]3C/C(=C/C(=O)OC(C)(C)C)[C@@H](CO)O3)c2n1. The van der Waals surface area contributed by atoms with Crippen molar-refractivity contribution in [2.75, 3.05) is 18.6 Å². The summed E-state index contributed by atoms with van der Waals surface area (Å²) in [5.74, 6) is 0.768. The predicted molar refractivity (Wildman–Crippen MR) is 123 cm³/mol. The average molecular weight is 452 g/mol. The van der Waals surface area contributed by atoms with Crippen molar-refractivity contribution in [2.24, 2.45) is 0 Å². The van der Waals surface area contributed by atoms with Crippen LogP contribution in [0.5, 0.6) is 0 Å². The van der Waals surface area contributed by atoms with Crippen LogP contribution < -0.4 is 4.90 Å². The number of hydrogen-bond donors (Lipinski definition) is 1. The zero-order valence-corrected chi connectivity index (χ0v) is 19.5. The lowest BCUT2D eigenvalue weighted by Crippen LogP contribution is -2.23. The van der Waals surface area contributed by atoms with Crippen molar-refractivity contribution in [3.05, 3.63) is 59.6 Å². The van der Waals surface area contributed by atoms with Crippen LogP contribution in [0.15, 0.2) is 48.2 Å². The maximum atomic E-state index is 12.3. The Morgan fingerprint density at radius 1 is 1.30 bits per heavy atom. The number of benzene rings is 1. The van der Waals surface area contributed by atoms with Crippen molar-refractivity contribution in [3.8, 4) is 0 Å². The molecule has 0 radical (unpaired) electrons. The van der Waals surface area contributed by atoms with Gasteiger partial charge in [0.15, 0.2) is 5.65 Å². The van der Waals surface area contributed by atoms with Crippen molar-refractivity contribution in [3.63, 3.8) is 0 Å². The van der Waals surface area contributed by atoms with E-state index in [1.165, 1.54) is 6.08 Å². The van der Waals surface area contributed by atoms with E-state index in [4.69, 9.17) is 9.47 Å². The number of fused-ring (bicyclic) bond motifs is 1. The molecule has 1 aliphatic heterocycles. The van der Waals surface area contributed by atoms with E-state index >= 15 is 0 Å². The summed E-state index contributed by atoms with van der Waals surface area (Å²) in [6.45, 7) is 7.03. The molecule has 0 bridgehead atoms. The van der Waals surface area contributed by atoms with E-state index in [0.29, 0.717) is 29.4 Å². The highest BCUT2D eigenvalue weighted by Crippen LogP contribution is 2.38. The molecule has 3 aromatic rings. The van der Waals surface area contributed by atoms with Gasteiger partial charge in [0.1, 0.15) is 17.5 Å². The van der Waals surface area contributed by atoms with Crippen LogP contribution in [0.25, 0.3) is 5.65 Å². The van der Waals surface area contributed by atoms with Crippen LogP contribution >= 0.6 is 0 Å². The summed E-state index contributed by atoms with van der Waals surface area (Å²) in [4.78, 5) is 23.5. The van der Waals surface area contributed by atoms with Crippen LogP contribution in [0.2, 0.25) is 0 Å². The summed E-state index contributed by atoms with van der Waals surface area (Å²) >= 11 is 0. The zero-order chi connectivity index (χ0) is 23.8. The number of anilines is 2. The van der Waals surface area contributed by atoms with Gasteiger partial charge in [-0.3, -0.25) is 0 Å². The summed E-state index contributed by atoms with van der Waals surface area (Å²) in [6, 6.07) is 9.87. The number of aliphatic hydroxyl groups excluding tert-OH is 1. The molecule has 1 N–H and O–H groups in total. The molecule has 1 fully saturated rings. The van der Waals surface area contributed by atoms with Gasteiger partial charge in [0.2, 0.25) is 5.95 Å². The number of aromatic nitrogens is 4. The number of hydrogen-bond acceptors (Lipinski definition) is 8. The largest absolute Gasteiger partial charge is 0.457 e. The molecular formula is C24H29N5O4. The highest BCUT2D eigenvalue weighted by molar-refractivity contribution is 5.83. The van der Waals surface area contributed by atoms with Crippen molar-refractivity contribution in [1.29, 1.82) is 0 Å². The molecule has 33 heavy (non-hydrogen) atoms. The molecule has 2 atom stereocenters. The Morgan fingerprint density at radius 3 is 2.70 bits per heavy atom. The number of rotatable bonds is 5. The van der Waals surface area contributed by atoms with Crippen LogP contribution in [-0.4, -0.2) is 56.0 Å². The molecule has 0 saturated carbocycles. The van der Waals surface area contributed by atoms with Crippen LogP contribution in [0.4, 0.5) is 11.6 Å². The Labute approximate surface area is 192 Å². The van der Waals surface area contributed by atoms with Gasteiger partial charge in [-0.05, 0) is 45.4 Å². The maximum absolute atomic E-state index is 12.3. The predicted octanol–water partition coefficient (Wildman–Crippen LogP) is 3.29. The smallest absolute Gasteiger partial charge is 0.331 e. The molecule has 1 aromatic carbocycles. The molecule has 9 nitrogen and oxygen atoms in total.